The highest BCUT2D eigenvalue weighted by molar-refractivity contribution is 5.99. The first-order valence-electron chi connectivity index (χ1n) is 13.3. The maximum absolute atomic E-state index is 15.7. The molecule has 0 saturated heterocycles. The highest BCUT2D eigenvalue weighted by atomic mass is 19.4. The molecule has 6 rings (SSSR count). The van der Waals surface area contributed by atoms with Gasteiger partial charge in [-0.15, -0.1) is 0 Å². The number of ketones is 1. The van der Waals surface area contributed by atoms with Gasteiger partial charge in [-0.3, -0.25) is 9.59 Å². The molecule has 3 heterocycles. The third-order valence-corrected chi connectivity index (χ3v) is 7.85. The molecule has 2 aromatic heterocycles. The average Bonchev–Trinajstić information content (AvgIpc) is 3.77. The molecular weight excluding hydrogens is 575 g/mol. The van der Waals surface area contributed by atoms with Gasteiger partial charge in [-0.1, -0.05) is 0 Å². The van der Waals surface area contributed by atoms with Crippen LogP contribution in [0.25, 0.3) is 22.2 Å². The number of nitrogens with zero attached hydrogens (tertiary/aromatic N) is 3. The van der Waals surface area contributed by atoms with Crippen molar-refractivity contribution in [3.05, 3.63) is 82.9 Å². The van der Waals surface area contributed by atoms with Crippen molar-refractivity contribution in [1.29, 1.82) is 0 Å². The SMILES string of the molecule is NC(=O)[C@@]1(F)COc2c1cc([C@@](O)(CCC(=O)c1ccc3nnc(C4CC4)cc3c1)C(F)(F)F)nc2-c1ccc(F)cc1. The van der Waals surface area contributed by atoms with Gasteiger partial charge in [0.05, 0.1) is 16.9 Å². The quantitative estimate of drug-likeness (QED) is 0.212. The van der Waals surface area contributed by atoms with Crippen LogP contribution in [0.3, 0.4) is 0 Å². The number of Topliss-reactive ketones (excluding diaryl/α,β-unsaturated/α-hetero) is 1. The molecule has 0 unspecified atom stereocenters. The summed E-state index contributed by atoms with van der Waals surface area (Å²) in [5, 5.41) is 20.1. The van der Waals surface area contributed by atoms with Crippen LogP contribution in [-0.2, 0) is 16.1 Å². The third-order valence-electron chi connectivity index (χ3n) is 7.85. The second kappa shape index (κ2) is 10.0. The van der Waals surface area contributed by atoms with Gasteiger partial charge < -0.3 is 15.6 Å². The van der Waals surface area contributed by atoms with Crippen molar-refractivity contribution in [1.82, 2.24) is 15.2 Å². The van der Waals surface area contributed by atoms with E-state index < -0.39 is 65.7 Å². The maximum Gasteiger partial charge on any atom is 0.422 e. The molecule has 43 heavy (non-hydrogen) atoms. The number of nitrogens with two attached hydrogens (primary N) is 1. The number of primary amides is 1. The lowest BCUT2D eigenvalue weighted by Gasteiger charge is -2.31. The van der Waals surface area contributed by atoms with Gasteiger partial charge in [-0.05, 0) is 73.9 Å². The number of hydrogen-bond donors (Lipinski definition) is 2. The first-order chi connectivity index (χ1) is 20.3. The number of amides is 1. The summed E-state index contributed by atoms with van der Waals surface area (Å²) in [4.78, 5) is 29.1. The van der Waals surface area contributed by atoms with E-state index in [2.05, 4.69) is 15.2 Å². The summed E-state index contributed by atoms with van der Waals surface area (Å²) in [6, 6.07) is 11.1. The molecule has 1 fully saturated rings. The summed E-state index contributed by atoms with van der Waals surface area (Å²) in [6.45, 7) is -0.936. The minimum atomic E-state index is -5.39. The number of pyridine rings is 1. The van der Waals surface area contributed by atoms with Crippen LogP contribution in [-0.4, -0.2) is 44.8 Å². The van der Waals surface area contributed by atoms with E-state index in [4.69, 9.17) is 10.5 Å². The van der Waals surface area contributed by atoms with E-state index in [9.17, 15) is 32.3 Å². The number of alkyl halides is 4. The Kier molecular flexibility index (Phi) is 6.68. The predicted molar refractivity (Wildman–Crippen MR) is 142 cm³/mol. The van der Waals surface area contributed by atoms with Gasteiger partial charge >= 0.3 is 6.18 Å². The number of aliphatic hydroxyl groups is 1. The Hall–Kier alpha value is -4.52. The van der Waals surface area contributed by atoms with Gasteiger partial charge in [0.2, 0.25) is 5.60 Å². The third kappa shape index (κ3) is 4.97. The van der Waals surface area contributed by atoms with Gasteiger partial charge in [0.25, 0.3) is 11.6 Å². The average molecular weight is 599 g/mol. The van der Waals surface area contributed by atoms with Crippen molar-refractivity contribution in [2.75, 3.05) is 6.61 Å². The molecule has 13 heteroatoms. The number of ether oxygens (including phenoxy) is 1. The lowest BCUT2D eigenvalue weighted by molar-refractivity contribution is -0.270. The van der Waals surface area contributed by atoms with Gasteiger partial charge in [-0.25, -0.2) is 13.8 Å². The molecule has 2 aliphatic rings. The fraction of sp³-hybridized carbons (Fsp3) is 0.300. The van der Waals surface area contributed by atoms with Crippen LogP contribution in [0, 0.1) is 5.82 Å². The Morgan fingerprint density at radius 1 is 1.05 bits per heavy atom. The lowest BCUT2D eigenvalue weighted by Crippen LogP contribution is -2.44. The number of rotatable bonds is 8. The van der Waals surface area contributed by atoms with E-state index in [1.54, 1.807) is 6.07 Å². The van der Waals surface area contributed by atoms with Crippen molar-refractivity contribution in [3.63, 3.8) is 0 Å². The molecule has 1 aliphatic heterocycles. The molecule has 4 aromatic rings. The highest BCUT2D eigenvalue weighted by Gasteiger charge is 2.58. The monoisotopic (exact) mass is 598 g/mol. The van der Waals surface area contributed by atoms with Crippen LogP contribution in [0.5, 0.6) is 5.75 Å². The number of hydrogen-bond acceptors (Lipinski definition) is 7. The van der Waals surface area contributed by atoms with Crippen molar-refractivity contribution in [3.8, 4) is 17.0 Å². The van der Waals surface area contributed by atoms with Crippen LogP contribution in [0.1, 0.15) is 58.9 Å². The molecule has 0 radical (unpaired) electrons. The molecule has 1 saturated carbocycles. The van der Waals surface area contributed by atoms with E-state index in [1.165, 1.54) is 30.3 Å². The summed E-state index contributed by atoms with van der Waals surface area (Å²) in [7, 11) is 0. The van der Waals surface area contributed by atoms with E-state index >= 15 is 4.39 Å². The summed E-state index contributed by atoms with van der Waals surface area (Å²) in [6.07, 6.45) is -5.39. The zero-order valence-electron chi connectivity index (χ0n) is 22.3. The minimum absolute atomic E-state index is 0.0265. The van der Waals surface area contributed by atoms with Gasteiger partial charge in [0.1, 0.15) is 18.1 Å². The molecular formula is C30H23F5N4O4. The van der Waals surface area contributed by atoms with Crippen molar-refractivity contribution in [2.45, 2.75) is 49.0 Å². The first kappa shape index (κ1) is 28.6. The molecule has 0 spiro atoms. The Morgan fingerprint density at radius 3 is 2.42 bits per heavy atom. The van der Waals surface area contributed by atoms with E-state index in [1.807, 2.05) is 0 Å². The standard InChI is InChI=1S/C30H23F5N4O4/c31-19-6-3-16(4-7-19)25-26-20(28(32,14-43-26)27(36)41)13-24(37-25)29(42,30(33,34)35)10-9-23(40)17-5-8-21-18(11-17)12-22(39-38-21)15-1-2-15/h3-8,11-13,15,42H,1-2,9-10,14H2,(H2,36,41)/t28-,29+/m1/s1. The number of carbonyl (C=O) groups excluding carboxylic acids is 2. The summed E-state index contributed by atoms with van der Waals surface area (Å²) >= 11 is 0. The number of carbonyl (C=O) groups is 2. The summed E-state index contributed by atoms with van der Waals surface area (Å²) in [5.41, 5.74) is -2.26. The van der Waals surface area contributed by atoms with Gasteiger partial charge in [0, 0.05) is 34.4 Å². The number of aromatic nitrogens is 3. The predicted octanol–water partition coefficient (Wildman–Crippen LogP) is 5.16. The fourth-order valence-electron chi connectivity index (χ4n) is 5.11. The second-order valence-electron chi connectivity index (χ2n) is 10.8. The van der Waals surface area contributed by atoms with E-state index in [0.29, 0.717) is 22.9 Å². The molecule has 8 nitrogen and oxygen atoms in total. The fourth-order valence-corrected chi connectivity index (χ4v) is 5.11. The zero-order chi connectivity index (χ0) is 30.7. The maximum atomic E-state index is 15.7. The highest BCUT2D eigenvalue weighted by Crippen LogP contribution is 2.49. The normalized spacial score (nSPS) is 19.5. The largest absolute Gasteiger partial charge is 0.487 e. The Morgan fingerprint density at radius 2 is 1.77 bits per heavy atom. The van der Waals surface area contributed by atoms with Crippen molar-refractivity contribution < 1.29 is 41.4 Å². The Balaban J connectivity index is 1.38. The molecule has 3 N–H and O–H groups in total. The van der Waals surface area contributed by atoms with Crippen LogP contribution in [0.4, 0.5) is 22.0 Å². The number of benzene rings is 2. The van der Waals surface area contributed by atoms with E-state index in [-0.39, 0.29) is 22.6 Å². The zero-order valence-corrected chi connectivity index (χ0v) is 22.3. The molecule has 1 amide bonds. The van der Waals surface area contributed by atoms with Gasteiger partial charge in [0.15, 0.2) is 11.5 Å². The van der Waals surface area contributed by atoms with Crippen LogP contribution in [0.2, 0.25) is 0 Å². The second-order valence-corrected chi connectivity index (χ2v) is 10.8. The smallest absolute Gasteiger partial charge is 0.422 e. The topological polar surface area (TPSA) is 128 Å². The molecule has 1 aliphatic carbocycles. The summed E-state index contributed by atoms with van der Waals surface area (Å²) < 4.78 is 78.3. The molecule has 222 valence electrons. The summed E-state index contributed by atoms with van der Waals surface area (Å²) in [5.74, 6) is -2.97. The van der Waals surface area contributed by atoms with Crippen LogP contribution < -0.4 is 10.5 Å². The van der Waals surface area contributed by atoms with Gasteiger partial charge in [-0.2, -0.15) is 23.4 Å². The Labute approximate surface area is 240 Å². The first-order valence-corrected chi connectivity index (χ1v) is 13.3. The van der Waals surface area contributed by atoms with Crippen LogP contribution in [0.15, 0.2) is 54.6 Å². The number of fused-ring (bicyclic) bond motifs is 2. The number of halogens is 5. The van der Waals surface area contributed by atoms with Crippen LogP contribution >= 0.6 is 0 Å². The van der Waals surface area contributed by atoms with Crippen molar-refractivity contribution >= 4 is 22.6 Å². The van der Waals surface area contributed by atoms with E-state index in [0.717, 1.165) is 30.7 Å². The molecule has 2 atom stereocenters. The lowest BCUT2D eigenvalue weighted by atomic mass is 9.86. The minimum Gasteiger partial charge on any atom is -0.487 e. The Bertz CT molecular complexity index is 1780. The van der Waals surface area contributed by atoms with Crippen molar-refractivity contribution in [2.24, 2.45) is 5.73 Å². The molecule has 0 bridgehead atoms. The molecule has 2 aromatic carbocycles.